The van der Waals surface area contributed by atoms with Gasteiger partial charge >= 0.3 is 11.9 Å². The Labute approximate surface area is 109 Å². The first-order valence-corrected chi connectivity index (χ1v) is 5.82. The average Bonchev–Trinajstić information content (AvgIpc) is 2.82. The number of hydrogen-bond acceptors (Lipinski definition) is 4. The molecule has 19 heavy (non-hydrogen) atoms. The van der Waals surface area contributed by atoms with Gasteiger partial charge < -0.3 is 10.2 Å². The SMILES string of the molecule is C=CC(C(=O)O)C1=C(CC(=O)O)N2C(=O)CCN2C1. The minimum Gasteiger partial charge on any atom is -0.481 e. The molecule has 2 aliphatic rings. The molecule has 1 atom stereocenters. The van der Waals surface area contributed by atoms with Crippen LogP contribution >= 0.6 is 0 Å². The quantitative estimate of drug-likeness (QED) is 0.683. The second kappa shape index (κ2) is 4.85. The molecule has 1 saturated heterocycles. The van der Waals surface area contributed by atoms with Crippen molar-refractivity contribution in [2.45, 2.75) is 12.8 Å². The van der Waals surface area contributed by atoms with Crippen LogP contribution in [-0.2, 0) is 14.4 Å². The van der Waals surface area contributed by atoms with Crippen molar-refractivity contribution in [1.29, 1.82) is 0 Å². The third kappa shape index (κ3) is 2.24. The van der Waals surface area contributed by atoms with Crippen molar-refractivity contribution < 1.29 is 24.6 Å². The van der Waals surface area contributed by atoms with Crippen LogP contribution in [0.25, 0.3) is 0 Å². The first-order chi connectivity index (χ1) is 8.95. The van der Waals surface area contributed by atoms with Crippen LogP contribution in [0.5, 0.6) is 0 Å². The van der Waals surface area contributed by atoms with Crippen LogP contribution in [0.15, 0.2) is 23.9 Å². The van der Waals surface area contributed by atoms with Gasteiger partial charge in [-0.1, -0.05) is 6.08 Å². The van der Waals surface area contributed by atoms with Gasteiger partial charge in [-0.25, -0.2) is 10.0 Å². The van der Waals surface area contributed by atoms with E-state index in [1.165, 1.54) is 11.1 Å². The van der Waals surface area contributed by atoms with Crippen molar-refractivity contribution in [3.63, 3.8) is 0 Å². The van der Waals surface area contributed by atoms with E-state index < -0.39 is 17.9 Å². The van der Waals surface area contributed by atoms with Gasteiger partial charge in [-0.05, 0) is 5.57 Å². The Morgan fingerprint density at radius 1 is 1.42 bits per heavy atom. The highest BCUT2D eigenvalue weighted by molar-refractivity contribution is 5.84. The van der Waals surface area contributed by atoms with Crippen LogP contribution in [0.4, 0.5) is 0 Å². The van der Waals surface area contributed by atoms with E-state index in [2.05, 4.69) is 6.58 Å². The van der Waals surface area contributed by atoms with Crippen LogP contribution in [-0.4, -0.2) is 51.2 Å². The first-order valence-electron chi connectivity index (χ1n) is 5.82. The molecular weight excluding hydrogens is 252 g/mol. The predicted molar refractivity (Wildman–Crippen MR) is 63.6 cm³/mol. The Kier molecular flexibility index (Phi) is 3.39. The minimum absolute atomic E-state index is 0.195. The minimum atomic E-state index is -1.10. The highest BCUT2D eigenvalue weighted by Gasteiger charge is 2.42. The third-order valence-corrected chi connectivity index (χ3v) is 3.28. The van der Waals surface area contributed by atoms with E-state index in [0.717, 1.165) is 0 Å². The fourth-order valence-corrected chi connectivity index (χ4v) is 2.48. The molecule has 1 fully saturated rings. The summed E-state index contributed by atoms with van der Waals surface area (Å²) in [5.74, 6) is -3.35. The summed E-state index contributed by atoms with van der Waals surface area (Å²) in [4.78, 5) is 33.8. The zero-order chi connectivity index (χ0) is 14.2. The summed E-state index contributed by atoms with van der Waals surface area (Å²) in [6.45, 7) is 4.21. The van der Waals surface area contributed by atoms with Crippen LogP contribution in [0, 0.1) is 5.92 Å². The van der Waals surface area contributed by atoms with E-state index in [-0.39, 0.29) is 24.6 Å². The molecule has 0 aromatic rings. The molecule has 2 rings (SSSR count). The Hall–Kier alpha value is -2.15. The van der Waals surface area contributed by atoms with Gasteiger partial charge in [-0.3, -0.25) is 14.4 Å². The van der Waals surface area contributed by atoms with Crippen molar-refractivity contribution >= 4 is 17.8 Å². The Morgan fingerprint density at radius 2 is 2.11 bits per heavy atom. The number of amides is 1. The molecule has 0 spiro atoms. The number of nitrogens with zero attached hydrogens (tertiary/aromatic N) is 2. The molecule has 2 aliphatic heterocycles. The monoisotopic (exact) mass is 266 g/mol. The molecule has 0 aromatic heterocycles. The lowest BCUT2D eigenvalue weighted by atomic mass is 9.96. The summed E-state index contributed by atoms with van der Waals surface area (Å²) in [7, 11) is 0. The standard InChI is InChI=1S/C12H14N2O5/c1-2-7(12(18)19)8-6-13-4-3-10(15)14(13)9(8)5-11(16)17/h2,7H,1,3-6H2,(H,16,17)(H,18,19). The molecular formula is C12H14N2O5. The highest BCUT2D eigenvalue weighted by Crippen LogP contribution is 2.34. The van der Waals surface area contributed by atoms with Crippen molar-refractivity contribution in [3.8, 4) is 0 Å². The lowest BCUT2D eigenvalue weighted by Gasteiger charge is -2.21. The van der Waals surface area contributed by atoms with Gasteiger partial charge in [0.2, 0.25) is 5.91 Å². The van der Waals surface area contributed by atoms with Gasteiger partial charge in [0.15, 0.2) is 0 Å². The summed E-state index contributed by atoms with van der Waals surface area (Å²) in [6, 6.07) is 0. The van der Waals surface area contributed by atoms with E-state index in [0.29, 0.717) is 18.5 Å². The second-order valence-corrected chi connectivity index (χ2v) is 4.44. The molecule has 0 aliphatic carbocycles. The van der Waals surface area contributed by atoms with E-state index in [4.69, 9.17) is 10.2 Å². The number of carboxylic acid groups (broad SMARTS) is 2. The maximum atomic E-state index is 11.8. The largest absolute Gasteiger partial charge is 0.481 e. The second-order valence-electron chi connectivity index (χ2n) is 4.44. The van der Waals surface area contributed by atoms with Gasteiger partial charge in [-0.2, -0.15) is 0 Å². The third-order valence-electron chi connectivity index (χ3n) is 3.28. The molecule has 7 heteroatoms. The van der Waals surface area contributed by atoms with Gasteiger partial charge in [0.25, 0.3) is 0 Å². The van der Waals surface area contributed by atoms with Gasteiger partial charge in [-0.15, -0.1) is 6.58 Å². The van der Waals surface area contributed by atoms with E-state index >= 15 is 0 Å². The molecule has 7 nitrogen and oxygen atoms in total. The lowest BCUT2D eigenvalue weighted by molar-refractivity contribution is -0.140. The van der Waals surface area contributed by atoms with Crippen LogP contribution in [0.1, 0.15) is 12.8 Å². The Bertz CT molecular complexity index is 496. The van der Waals surface area contributed by atoms with Gasteiger partial charge in [0.1, 0.15) is 0 Å². The number of rotatable bonds is 5. The topological polar surface area (TPSA) is 98.1 Å². The molecule has 0 saturated carbocycles. The fraction of sp³-hybridized carbons (Fsp3) is 0.417. The van der Waals surface area contributed by atoms with Crippen molar-refractivity contribution in [2.24, 2.45) is 5.92 Å². The average molecular weight is 266 g/mol. The Balaban J connectivity index is 2.42. The fourth-order valence-electron chi connectivity index (χ4n) is 2.48. The number of hydrazine groups is 1. The summed E-state index contributed by atoms with van der Waals surface area (Å²) in [5.41, 5.74) is 0.695. The molecule has 0 aromatic carbocycles. The predicted octanol–water partition coefficient (Wildman–Crippen LogP) is 0.0649. The Morgan fingerprint density at radius 3 is 2.63 bits per heavy atom. The number of carbonyl (C=O) groups excluding carboxylic acids is 1. The van der Waals surface area contributed by atoms with Crippen molar-refractivity contribution in [3.05, 3.63) is 23.9 Å². The number of fused-ring (bicyclic) bond motifs is 1. The van der Waals surface area contributed by atoms with Gasteiger partial charge in [0.05, 0.1) is 18.0 Å². The summed E-state index contributed by atoms with van der Waals surface area (Å²) in [6.07, 6.45) is 1.21. The maximum absolute atomic E-state index is 11.8. The summed E-state index contributed by atoms with van der Waals surface area (Å²) < 4.78 is 0. The number of carbonyl (C=O) groups is 3. The summed E-state index contributed by atoms with van der Waals surface area (Å²) in [5, 5.41) is 21.1. The number of hydrogen-bond donors (Lipinski definition) is 2. The number of aliphatic carboxylic acids is 2. The van der Waals surface area contributed by atoms with Crippen LogP contribution < -0.4 is 0 Å². The molecule has 2 heterocycles. The summed E-state index contributed by atoms with van der Waals surface area (Å²) >= 11 is 0. The molecule has 1 amide bonds. The maximum Gasteiger partial charge on any atom is 0.314 e. The smallest absolute Gasteiger partial charge is 0.314 e. The molecule has 1 unspecified atom stereocenters. The van der Waals surface area contributed by atoms with Crippen LogP contribution in [0.2, 0.25) is 0 Å². The number of carboxylic acids is 2. The van der Waals surface area contributed by atoms with Crippen molar-refractivity contribution in [2.75, 3.05) is 13.1 Å². The van der Waals surface area contributed by atoms with E-state index in [9.17, 15) is 14.4 Å². The first kappa shape index (κ1) is 13.3. The normalized spacial score (nSPS) is 20.6. The van der Waals surface area contributed by atoms with Crippen LogP contribution in [0.3, 0.4) is 0 Å². The van der Waals surface area contributed by atoms with E-state index in [1.54, 1.807) is 5.01 Å². The molecule has 2 N–H and O–H groups in total. The highest BCUT2D eigenvalue weighted by atomic mass is 16.4. The van der Waals surface area contributed by atoms with E-state index in [1.807, 2.05) is 0 Å². The molecule has 0 radical (unpaired) electrons. The zero-order valence-electron chi connectivity index (χ0n) is 10.2. The lowest BCUT2D eigenvalue weighted by Crippen LogP contribution is -2.33. The van der Waals surface area contributed by atoms with Crippen molar-refractivity contribution in [1.82, 2.24) is 10.0 Å². The molecule has 102 valence electrons. The zero-order valence-corrected chi connectivity index (χ0v) is 10.2. The molecule has 0 bridgehead atoms. The van der Waals surface area contributed by atoms with Gasteiger partial charge in [0, 0.05) is 19.5 Å².